The Hall–Kier alpha value is -2.07. The number of imide groups is 1. The molecule has 0 aromatic rings. The highest BCUT2D eigenvalue weighted by molar-refractivity contribution is 6.00. The summed E-state index contributed by atoms with van der Waals surface area (Å²) in [6.07, 6.45) is -11.4. The Morgan fingerprint density at radius 2 is 1.38 bits per heavy atom. The molecule has 0 radical (unpaired) electrons. The molecule has 0 aromatic carbocycles. The van der Waals surface area contributed by atoms with Gasteiger partial charge in [-0.25, -0.2) is 4.79 Å². The highest BCUT2D eigenvalue weighted by atomic mass is 19.4. The smallest absolute Gasteiger partial charge is 0.460 e. The molecule has 0 spiro atoms. The number of ether oxygens (including phenoxy) is 1. The zero-order valence-corrected chi connectivity index (χ0v) is 10.5. The molecule has 0 aliphatic carbocycles. The minimum atomic E-state index is -5.68. The van der Waals surface area contributed by atoms with Gasteiger partial charge in [0.05, 0.1) is 6.54 Å². The summed E-state index contributed by atoms with van der Waals surface area (Å²) in [5, 5.41) is 0. The average molecular weight is 321 g/mol. The third kappa shape index (κ3) is 5.83. The van der Waals surface area contributed by atoms with Crippen LogP contribution < -0.4 is 0 Å². The first kappa shape index (κ1) is 18.9. The third-order valence-electron chi connectivity index (χ3n) is 1.87. The number of alkyl halides is 6. The van der Waals surface area contributed by atoms with Gasteiger partial charge in [-0.3, -0.25) is 14.5 Å². The summed E-state index contributed by atoms with van der Waals surface area (Å²) in [7, 11) is 0. The van der Waals surface area contributed by atoms with Crippen LogP contribution in [0.3, 0.4) is 0 Å². The summed E-state index contributed by atoms with van der Waals surface area (Å²) in [4.78, 5) is 31.4. The number of hydrogen-bond acceptors (Lipinski definition) is 4. The second kappa shape index (κ2) is 6.59. The number of carbonyl (C=O) groups is 3. The predicted octanol–water partition coefficient (Wildman–Crippen LogP) is 1.59. The molecule has 0 aliphatic heterocycles. The van der Waals surface area contributed by atoms with E-state index in [0.29, 0.717) is 0 Å². The molecule has 11 heteroatoms. The molecule has 0 atom stereocenters. The van der Waals surface area contributed by atoms with Crippen LogP contribution in [-0.4, -0.2) is 48.2 Å². The van der Waals surface area contributed by atoms with Crippen molar-refractivity contribution in [1.82, 2.24) is 4.90 Å². The number of amides is 2. The Morgan fingerprint density at radius 3 is 1.67 bits per heavy atom. The van der Waals surface area contributed by atoms with E-state index in [-0.39, 0.29) is 5.57 Å². The van der Waals surface area contributed by atoms with E-state index in [1.807, 2.05) is 0 Å². The van der Waals surface area contributed by atoms with Crippen LogP contribution in [0.1, 0.15) is 6.92 Å². The van der Waals surface area contributed by atoms with Crippen molar-refractivity contribution in [2.75, 3.05) is 13.2 Å². The summed E-state index contributed by atoms with van der Waals surface area (Å²) in [5.74, 6) is -7.10. The molecule has 0 heterocycles. The van der Waals surface area contributed by atoms with Crippen LogP contribution in [0, 0.1) is 0 Å². The molecule has 0 bridgehead atoms. The first-order chi connectivity index (χ1) is 9.28. The molecule has 120 valence electrons. The maximum Gasteiger partial charge on any atom is 0.471 e. The molecule has 0 rings (SSSR count). The van der Waals surface area contributed by atoms with Crippen LogP contribution in [0.2, 0.25) is 0 Å². The van der Waals surface area contributed by atoms with Gasteiger partial charge < -0.3 is 4.74 Å². The van der Waals surface area contributed by atoms with Crippen molar-refractivity contribution in [3.05, 3.63) is 12.2 Å². The molecule has 0 fully saturated rings. The van der Waals surface area contributed by atoms with E-state index in [1.165, 1.54) is 6.92 Å². The van der Waals surface area contributed by atoms with Crippen molar-refractivity contribution in [2.24, 2.45) is 0 Å². The summed E-state index contributed by atoms with van der Waals surface area (Å²) in [6.45, 7) is 1.88. The molecular formula is C10H9F6NO4. The number of halogens is 6. The van der Waals surface area contributed by atoms with Gasteiger partial charge >= 0.3 is 30.1 Å². The zero-order chi connectivity index (χ0) is 17.0. The Bertz CT molecular complexity index is 427. The van der Waals surface area contributed by atoms with Crippen molar-refractivity contribution < 1.29 is 45.5 Å². The molecule has 5 nitrogen and oxygen atoms in total. The van der Waals surface area contributed by atoms with Crippen molar-refractivity contribution in [3.63, 3.8) is 0 Å². The van der Waals surface area contributed by atoms with Crippen LogP contribution in [0.15, 0.2) is 12.2 Å². The molecule has 0 unspecified atom stereocenters. The Labute approximate surface area is 114 Å². The minimum absolute atomic E-state index is 0.161. The van der Waals surface area contributed by atoms with E-state index in [9.17, 15) is 40.7 Å². The zero-order valence-electron chi connectivity index (χ0n) is 10.5. The number of hydrogen-bond donors (Lipinski definition) is 0. The fraction of sp³-hybridized carbons (Fsp3) is 0.500. The first-order valence-corrected chi connectivity index (χ1v) is 5.11. The van der Waals surface area contributed by atoms with Gasteiger partial charge in [0.25, 0.3) is 0 Å². The van der Waals surface area contributed by atoms with Gasteiger partial charge in [0.2, 0.25) is 0 Å². The highest BCUT2D eigenvalue weighted by Crippen LogP contribution is 2.24. The predicted molar refractivity (Wildman–Crippen MR) is 54.6 cm³/mol. The van der Waals surface area contributed by atoms with Crippen LogP contribution in [-0.2, 0) is 19.1 Å². The highest BCUT2D eigenvalue weighted by Gasteiger charge is 2.51. The summed E-state index contributed by atoms with van der Waals surface area (Å²) >= 11 is 0. The molecule has 0 N–H and O–H groups in total. The van der Waals surface area contributed by atoms with E-state index < -0.39 is 48.2 Å². The fourth-order valence-corrected chi connectivity index (χ4v) is 0.954. The molecule has 2 amide bonds. The van der Waals surface area contributed by atoms with E-state index in [4.69, 9.17) is 0 Å². The van der Waals surface area contributed by atoms with Crippen LogP contribution in [0.4, 0.5) is 26.3 Å². The largest absolute Gasteiger partial charge is 0.471 e. The van der Waals surface area contributed by atoms with Gasteiger partial charge in [-0.15, -0.1) is 0 Å². The van der Waals surface area contributed by atoms with Gasteiger partial charge in [0, 0.05) is 5.57 Å². The van der Waals surface area contributed by atoms with E-state index >= 15 is 0 Å². The SMILES string of the molecule is C=C(C)C(=O)OCCN(C(=O)C(F)(F)F)C(=O)C(F)(F)F. The number of carbonyl (C=O) groups excluding carboxylic acids is 3. The molecule has 0 aromatic heterocycles. The third-order valence-corrected chi connectivity index (χ3v) is 1.87. The van der Waals surface area contributed by atoms with Crippen molar-refractivity contribution in [2.45, 2.75) is 19.3 Å². The molecule has 21 heavy (non-hydrogen) atoms. The lowest BCUT2D eigenvalue weighted by atomic mass is 10.3. The number of nitrogens with zero attached hydrogens (tertiary/aromatic N) is 1. The van der Waals surface area contributed by atoms with E-state index in [2.05, 4.69) is 11.3 Å². The Balaban J connectivity index is 5.01. The quantitative estimate of drug-likeness (QED) is 0.448. The summed E-state index contributed by atoms with van der Waals surface area (Å²) in [6, 6.07) is 0. The van der Waals surface area contributed by atoms with Crippen molar-refractivity contribution in [3.8, 4) is 0 Å². The van der Waals surface area contributed by atoms with E-state index in [0.717, 1.165) is 0 Å². The van der Waals surface area contributed by atoms with Gasteiger partial charge in [0.1, 0.15) is 6.61 Å². The lowest BCUT2D eigenvalue weighted by molar-refractivity contribution is -0.204. The average Bonchev–Trinajstić information content (AvgIpc) is 2.30. The summed E-state index contributed by atoms with van der Waals surface area (Å²) in [5.41, 5.74) is -0.161. The van der Waals surface area contributed by atoms with Crippen molar-refractivity contribution >= 4 is 17.8 Å². The van der Waals surface area contributed by atoms with Crippen LogP contribution in [0.25, 0.3) is 0 Å². The normalized spacial score (nSPS) is 11.8. The fourth-order valence-electron chi connectivity index (χ4n) is 0.954. The first-order valence-electron chi connectivity index (χ1n) is 5.11. The Kier molecular flexibility index (Phi) is 5.94. The number of rotatable bonds is 4. The standard InChI is InChI=1S/C10H9F6NO4/c1-5(2)6(18)21-4-3-17(7(19)9(11,12)13)8(20)10(14,15)16/h1,3-4H2,2H3. The topological polar surface area (TPSA) is 63.7 Å². The molecule has 0 aliphatic rings. The van der Waals surface area contributed by atoms with E-state index in [1.54, 1.807) is 0 Å². The van der Waals surface area contributed by atoms with Crippen molar-refractivity contribution in [1.29, 1.82) is 0 Å². The Morgan fingerprint density at radius 1 is 1.00 bits per heavy atom. The monoisotopic (exact) mass is 321 g/mol. The second-order valence-electron chi connectivity index (χ2n) is 3.67. The maximum absolute atomic E-state index is 12.1. The lowest BCUT2D eigenvalue weighted by Crippen LogP contribution is -2.51. The minimum Gasteiger partial charge on any atom is -0.460 e. The van der Waals surface area contributed by atoms with Gasteiger partial charge in [-0.2, -0.15) is 26.3 Å². The number of esters is 1. The second-order valence-corrected chi connectivity index (χ2v) is 3.67. The molecular weight excluding hydrogens is 312 g/mol. The summed E-state index contributed by atoms with van der Waals surface area (Å²) < 4.78 is 77.0. The molecule has 0 saturated heterocycles. The maximum atomic E-state index is 12.1. The van der Waals surface area contributed by atoms with Crippen LogP contribution >= 0.6 is 0 Å². The molecule has 0 saturated carbocycles. The van der Waals surface area contributed by atoms with Gasteiger partial charge in [0.15, 0.2) is 0 Å². The van der Waals surface area contributed by atoms with Gasteiger partial charge in [-0.05, 0) is 6.92 Å². The lowest BCUT2D eigenvalue weighted by Gasteiger charge is -2.22. The van der Waals surface area contributed by atoms with Gasteiger partial charge in [-0.1, -0.05) is 6.58 Å². The van der Waals surface area contributed by atoms with Crippen LogP contribution in [0.5, 0.6) is 0 Å².